The van der Waals surface area contributed by atoms with Crippen LogP contribution in [0.15, 0.2) is 38.6 Å². The zero-order chi connectivity index (χ0) is 17.8. The van der Waals surface area contributed by atoms with Gasteiger partial charge in [0.25, 0.3) is 0 Å². The number of unbranched alkanes of at least 4 members (excludes halogenated alkanes) is 3. The molecule has 0 saturated heterocycles. The molecule has 0 aliphatic carbocycles. The molecule has 0 spiro atoms. The summed E-state index contributed by atoms with van der Waals surface area (Å²) in [5, 5.41) is 1.40. The van der Waals surface area contributed by atoms with Gasteiger partial charge in [0.15, 0.2) is 10.5 Å². The molecule has 0 aliphatic heterocycles. The van der Waals surface area contributed by atoms with Crippen LogP contribution in [0, 0.1) is 18.8 Å². The molecule has 0 atom stereocenters. The Kier molecular flexibility index (Phi) is 10.0. The van der Waals surface area contributed by atoms with Crippen molar-refractivity contribution in [1.82, 2.24) is 0 Å². The first-order valence-electron chi connectivity index (χ1n) is 8.85. The summed E-state index contributed by atoms with van der Waals surface area (Å²) in [5.74, 6) is 7.32. The predicted octanol–water partition coefficient (Wildman–Crippen LogP) is 6.19. The van der Waals surface area contributed by atoms with E-state index in [0.717, 1.165) is 30.1 Å². The molecule has 24 heavy (non-hydrogen) atoms. The maximum Gasteiger partial charge on any atom is 0.196 e. The van der Waals surface area contributed by atoms with Crippen molar-refractivity contribution in [3.05, 3.63) is 40.1 Å². The average Bonchev–Trinajstić information content (AvgIpc) is 2.63. The molecule has 0 amide bonds. The Hall–Kier alpha value is -1.66. The van der Waals surface area contributed by atoms with E-state index in [4.69, 9.17) is 4.42 Å². The van der Waals surface area contributed by atoms with E-state index >= 15 is 0 Å². The maximum absolute atomic E-state index is 12.3. The SMILES string of the molecule is CC.CCCCC#CCCCSc1oc2ccccc2c(=O)c1C. The molecule has 2 aromatic rings. The van der Waals surface area contributed by atoms with Crippen molar-refractivity contribution in [2.45, 2.75) is 64.9 Å². The maximum atomic E-state index is 12.3. The summed E-state index contributed by atoms with van der Waals surface area (Å²) >= 11 is 1.61. The zero-order valence-electron chi connectivity index (χ0n) is 15.3. The van der Waals surface area contributed by atoms with Crippen LogP contribution in [0.3, 0.4) is 0 Å². The second-order valence-electron chi connectivity index (χ2n) is 5.25. The summed E-state index contributed by atoms with van der Waals surface area (Å²) < 4.78 is 5.86. The smallest absolute Gasteiger partial charge is 0.196 e. The van der Waals surface area contributed by atoms with Crippen molar-refractivity contribution in [1.29, 1.82) is 0 Å². The van der Waals surface area contributed by atoms with Crippen LogP contribution in [0.5, 0.6) is 0 Å². The van der Waals surface area contributed by atoms with E-state index in [1.807, 2.05) is 45.0 Å². The Balaban J connectivity index is 0.00000139. The monoisotopic (exact) mass is 344 g/mol. The number of thioether (sulfide) groups is 1. The van der Waals surface area contributed by atoms with Gasteiger partial charge >= 0.3 is 0 Å². The summed E-state index contributed by atoms with van der Waals surface area (Å²) in [6, 6.07) is 7.41. The minimum Gasteiger partial charge on any atom is -0.449 e. The quantitative estimate of drug-likeness (QED) is 0.355. The predicted molar refractivity (Wildman–Crippen MR) is 106 cm³/mol. The van der Waals surface area contributed by atoms with Gasteiger partial charge in [-0.15, -0.1) is 11.8 Å². The molecule has 0 N–H and O–H groups in total. The van der Waals surface area contributed by atoms with Gasteiger partial charge in [0.05, 0.1) is 5.39 Å². The van der Waals surface area contributed by atoms with Gasteiger partial charge < -0.3 is 4.42 Å². The largest absolute Gasteiger partial charge is 0.449 e. The number of hydrogen-bond acceptors (Lipinski definition) is 3. The van der Waals surface area contributed by atoms with Crippen molar-refractivity contribution < 1.29 is 4.42 Å². The minimum atomic E-state index is 0.0729. The lowest BCUT2D eigenvalue weighted by atomic mass is 10.2. The molecule has 0 unspecified atom stereocenters. The molecule has 1 aromatic carbocycles. The molecule has 0 radical (unpaired) electrons. The van der Waals surface area contributed by atoms with Gasteiger partial charge in [-0.25, -0.2) is 0 Å². The van der Waals surface area contributed by atoms with Gasteiger partial charge in [-0.3, -0.25) is 4.79 Å². The summed E-state index contributed by atoms with van der Waals surface area (Å²) in [7, 11) is 0. The van der Waals surface area contributed by atoms with Gasteiger partial charge in [-0.2, -0.15) is 0 Å². The zero-order valence-corrected chi connectivity index (χ0v) is 16.1. The van der Waals surface area contributed by atoms with E-state index in [9.17, 15) is 4.79 Å². The van der Waals surface area contributed by atoms with Gasteiger partial charge in [0.2, 0.25) is 0 Å². The number of hydrogen-bond donors (Lipinski definition) is 0. The molecule has 0 fully saturated rings. The van der Waals surface area contributed by atoms with E-state index in [2.05, 4.69) is 18.8 Å². The minimum absolute atomic E-state index is 0.0729. The van der Waals surface area contributed by atoms with Gasteiger partial charge in [0, 0.05) is 24.2 Å². The van der Waals surface area contributed by atoms with E-state index in [-0.39, 0.29) is 5.43 Å². The molecular weight excluding hydrogens is 316 g/mol. The van der Waals surface area contributed by atoms with Crippen molar-refractivity contribution >= 4 is 22.7 Å². The number of para-hydroxylation sites is 1. The Bertz CT molecular complexity index is 735. The Morgan fingerprint density at radius 3 is 2.46 bits per heavy atom. The Morgan fingerprint density at radius 2 is 1.75 bits per heavy atom. The highest BCUT2D eigenvalue weighted by molar-refractivity contribution is 7.99. The van der Waals surface area contributed by atoms with E-state index in [1.165, 1.54) is 12.8 Å². The second-order valence-corrected chi connectivity index (χ2v) is 6.32. The van der Waals surface area contributed by atoms with Crippen LogP contribution in [0.4, 0.5) is 0 Å². The highest BCUT2D eigenvalue weighted by Crippen LogP contribution is 2.25. The average molecular weight is 345 g/mol. The molecule has 0 bridgehead atoms. The lowest BCUT2D eigenvalue weighted by Crippen LogP contribution is -2.06. The third-order valence-electron chi connectivity index (χ3n) is 3.44. The van der Waals surface area contributed by atoms with Crippen molar-refractivity contribution in [3.63, 3.8) is 0 Å². The fourth-order valence-electron chi connectivity index (χ4n) is 2.12. The van der Waals surface area contributed by atoms with Crippen LogP contribution >= 0.6 is 11.8 Å². The highest BCUT2D eigenvalue weighted by Gasteiger charge is 2.10. The van der Waals surface area contributed by atoms with Crippen LogP contribution in [0.25, 0.3) is 11.0 Å². The summed E-state index contributed by atoms with van der Waals surface area (Å²) in [6.45, 7) is 8.02. The van der Waals surface area contributed by atoms with Gasteiger partial charge in [-0.1, -0.05) is 51.1 Å². The van der Waals surface area contributed by atoms with E-state index in [0.29, 0.717) is 16.5 Å². The highest BCUT2D eigenvalue weighted by atomic mass is 32.2. The van der Waals surface area contributed by atoms with Crippen LogP contribution in [-0.4, -0.2) is 5.75 Å². The lowest BCUT2D eigenvalue weighted by Gasteiger charge is -2.05. The molecule has 3 heteroatoms. The second kappa shape index (κ2) is 11.8. The number of fused-ring (bicyclic) bond motifs is 1. The first-order valence-corrected chi connectivity index (χ1v) is 9.83. The van der Waals surface area contributed by atoms with E-state index < -0.39 is 0 Å². The molecule has 2 nitrogen and oxygen atoms in total. The molecule has 130 valence electrons. The van der Waals surface area contributed by atoms with Crippen LogP contribution in [0.2, 0.25) is 0 Å². The molecule has 1 heterocycles. The summed E-state index contributed by atoms with van der Waals surface area (Å²) in [6.07, 6.45) is 5.31. The topological polar surface area (TPSA) is 30.2 Å². The molecule has 2 rings (SSSR count). The first-order chi connectivity index (χ1) is 11.7. The third kappa shape index (κ3) is 6.09. The standard InChI is InChI=1S/C19H22O2S.C2H6/c1-3-4-5-6-7-8-11-14-22-19-15(2)18(20)16-12-9-10-13-17(16)21-19;1-2/h9-10,12-13H,3-5,8,11,14H2,1-2H3;1-2H3. The Morgan fingerprint density at radius 1 is 1.08 bits per heavy atom. The molecule has 0 saturated carbocycles. The normalized spacial score (nSPS) is 9.83. The molecule has 1 aromatic heterocycles. The van der Waals surface area contributed by atoms with Crippen molar-refractivity contribution in [2.24, 2.45) is 0 Å². The first kappa shape index (κ1) is 20.4. The van der Waals surface area contributed by atoms with Crippen LogP contribution in [0.1, 0.15) is 58.4 Å². The number of rotatable bonds is 6. The fraction of sp³-hybridized carbons (Fsp3) is 0.476. The van der Waals surface area contributed by atoms with E-state index in [1.54, 1.807) is 11.8 Å². The summed E-state index contributed by atoms with van der Waals surface area (Å²) in [5.41, 5.74) is 1.45. The third-order valence-corrected chi connectivity index (χ3v) is 4.59. The van der Waals surface area contributed by atoms with Gasteiger partial charge in [0.1, 0.15) is 5.58 Å². The number of benzene rings is 1. The van der Waals surface area contributed by atoms with Crippen LogP contribution in [-0.2, 0) is 0 Å². The van der Waals surface area contributed by atoms with Crippen molar-refractivity contribution in [2.75, 3.05) is 5.75 Å². The molecule has 0 aliphatic rings. The Labute approximate surface area is 150 Å². The fourth-order valence-corrected chi connectivity index (χ4v) is 3.05. The molecular formula is C21H28O2S. The van der Waals surface area contributed by atoms with Gasteiger partial charge in [-0.05, 0) is 31.9 Å². The van der Waals surface area contributed by atoms with Crippen molar-refractivity contribution in [3.8, 4) is 11.8 Å². The lowest BCUT2D eigenvalue weighted by molar-refractivity contribution is 0.492. The van der Waals surface area contributed by atoms with Crippen LogP contribution < -0.4 is 5.43 Å². The summed E-state index contributed by atoms with van der Waals surface area (Å²) in [4.78, 5) is 12.3.